The minimum absolute atomic E-state index is 0.140. The molecule has 0 aliphatic rings. The van der Waals surface area contributed by atoms with Crippen LogP contribution in [0.4, 0.5) is 0 Å². The van der Waals surface area contributed by atoms with E-state index in [1.807, 2.05) is 24.3 Å². The van der Waals surface area contributed by atoms with Gasteiger partial charge in [-0.15, -0.1) is 0 Å². The number of furan rings is 1. The van der Waals surface area contributed by atoms with Crippen molar-refractivity contribution in [2.45, 2.75) is 6.42 Å². The molecule has 0 radical (unpaired) electrons. The highest BCUT2D eigenvalue weighted by Crippen LogP contribution is 2.21. The molecule has 0 bridgehead atoms. The van der Waals surface area contributed by atoms with Gasteiger partial charge in [-0.05, 0) is 6.07 Å². The van der Waals surface area contributed by atoms with E-state index >= 15 is 0 Å². The molecule has 2 rings (SSSR count). The Balaban J connectivity index is 2.14. The molecule has 0 saturated carbocycles. The van der Waals surface area contributed by atoms with E-state index in [2.05, 4.69) is 0 Å². The molecular weight excluding hydrogens is 234 g/mol. The van der Waals surface area contributed by atoms with E-state index in [1.54, 1.807) is 0 Å². The van der Waals surface area contributed by atoms with Crippen molar-refractivity contribution in [1.29, 1.82) is 0 Å². The van der Waals surface area contributed by atoms with Crippen LogP contribution < -0.4 is 0 Å². The van der Waals surface area contributed by atoms with Gasteiger partial charge in [0.1, 0.15) is 12.1 Å². The molecule has 1 N–H and O–H groups in total. The van der Waals surface area contributed by atoms with E-state index in [9.17, 15) is 9.59 Å². The minimum Gasteiger partial charge on any atom is -0.480 e. The molecule has 5 heteroatoms. The van der Waals surface area contributed by atoms with Crippen LogP contribution >= 0.6 is 0 Å². The number of carboxylic acid groups (broad SMARTS) is 1. The molecule has 18 heavy (non-hydrogen) atoms. The summed E-state index contributed by atoms with van der Waals surface area (Å²) in [6.45, 7) is -0.297. The molecule has 0 aliphatic heterocycles. The number of fused-ring (bicyclic) bond motifs is 1. The Labute approximate surface area is 104 Å². The smallest absolute Gasteiger partial charge is 0.323 e. The van der Waals surface area contributed by atoms with Crippen LogP contribution in [0.1, 0.15) is 5.56 Å². The molecule has 1 aromatic heterocycles. The Kier molecular flexibility index (Phi) is 3.32. The van der Waals surface area contributed by atoms with Gasteiger partial charge in [0.15, 0.2) is 0 Å². The molecule has 94 valence electrons. The van der Waals surface area contributed by atoms with Gasteiger partial charge < -0.3 is 14.4 Å². The van der Waals surface area contributed by atoms with Crippen LogP contribution in [0.5, 0.6) is 0 Å². The lowest BCUT2D eigenvalue weighted by molar-refractivity contribution is -0.143. The summed E-state index contributed by atoms with van der Waals surface area (Å²) < 4.78 is 5.32. The molecule has 0 atom stereocenters. The monoisotopic (exact) mass is 247 g/mol. The topological polar surface area (TPSA) is 70.8 Å². The van der Waals surface area contributed by atoms with Gasteiger partial charge in [0.25, 0.3) is 0 Å². The number of hydrogen-bond acceptors (Lipinski definition) is 3. The lowest BCUT2D eigenvalue weighted by Crippen LogP contribution is -2.32. The van der Waals surface area contributed by atoms with E-state index in [1.165, 1.54) is 18.2 Å². The van der Waals surface area contributed by atoms with E-state index < -0.39 is 5.97 Å². The molecule has 1 amide bonds. The zero-order valence-corrected chi connectivity index (χ0v) is 9.92. The number of aliphatic carboxylic acids is 1. The summed E-state index contributed by atoms with van der Waals surface area (Å²) in [5.41, 5.74) is 1.49. The van der Waals surface area contributed by atoms with Gasteiger partial charge in [0.2, 0.25) is 5.91 Å². The van der Waals surface area contributed by atoms with Gasteiger partial charge in [-0.25, -0.2) is 0 Å². The molecule has 1 aromatic carbocycles. The number of benzene rings is 1. The van der Waals surface area contributed by atoms with Crippen LogP contribution in [-0.4, -0.2) is 35.5 Å². The number of amides is 1. The second-order valence-corrected chi connectivity index (χ2v) is 4.08. The third-order valence-corrected chi connectivity index (χ3v) is 2.70. The van der Waals surface area contributed by atoms with Crippen LogP contribution in [0, 0.1) is 0 Å². The first kappa shape index (κ1) is 12.2. The summed E-state index contributed by atoms with van der Waals surface area (Å²) in [5.74, 6) is -1.27. The summed E-state index contributed by atoms with van der Waals surface area (Å²) in [7, 11) is 1.47. The number of hydrogen-bond donors (Lipinski definition) is 1. The van der Waals surface area contributed by atoms with Crippen molar-refractivity contribution in [3.05, 3.63) is 36.1 Å². The van der Waals surface area contributed by atoms with Crippen molar-refractivity contribution in [1.82, 2.24) is 4.90 Å². The molecule has 2 aromatic rings. The number of carbonyl (C=O) groups is 2. The third kappa shape index (κ3) is 2.51. The summed E-state index contributed by atoms with van der Waals surface area (Å²) in [5, 5.41) is 9.50. The summed E-state index contributed by atoms with van der Waals surface area (Å²) >= 11 is 0. The highest BCUT2D eigenvalue weighted by atomic mass is 16.4. The maximum absolute atomic E-state index is 11.8. The fraction of sp³-hybridized carbons (Fsp3) is 0.231. The predicted molar refractivity (Wildman–Crippen MR) is 65.2 cm³/mol. The first-order valence-corrected chi connectivity index (χ1v) is 5.49. The average Bonchev–Trinajstić information content (AvgIpc) is 2.72. The molecule has 5 nitrogen and oxygen atoms in total. The molecule has 0 fully saturated rings. The van der Waals surface area contributed by atoms with E-state index in [0.29, 0.717) is 0 Å². The van der Waals surface area contributed by atoms with Crippen LogP contribution in [0.15, 0.2) is 34.9 Å². The Hall–Kier alpha value is -2.30. The fourth-order valence-corrected chi connectivity index (χ4v) is 1.76. The second kappa shape index (κ2) is 4.91. The standard InChI is InChI=1S/C13H13NO4/c1-14(7-13(16)17)12(15)6-9-8-18-11-5-3-2-4-10(9)11/h2-5,8H,6-7H2,1H3,(H,16,17). The van der Waals surface area contributed by atoms with E-state index in [0.717, 1.165) is 16.5 Å². The van der Waals surface area contributed by atoms with Crippen LogP contribution in [0.2, 0.25) is 0 Å². The van der Waals surface area contributed by atoms with Crippen molar-refractivity contribution >= 4 is 22.8 Å². The number of nitrogens with zero attached hydrogens (tertiary/aromatic N) is 1. The van der Waals surface area contributed by atoms with Crippen molar-refractivity contribution in [2.24, 2.45) is 0 Å². The van der Waals surface area contributed by atoms with Gasteiger partial charge in [-0.1, -0.05) is 18.2 Å². The zero-order valence-electron chi connectivity index (χ0n) is 9.92. The molecular formula is C13H13NO4. The number of rotatable bonds is 4. The SMILES string of the molecule is CN(CC(=O)O)C(=O)Cc1coc2ccccc12. The molecule has 0 aliphatic carbocycles. The van der Waals surface area contributed by atoms with Crippen molar-refractivity contribution in [3.8, 4) is 0 Å². The Bertz CT molecular complexity index is 587. The van der Waals surface area contributed by atoms with Gasteiger partial charge in [-0.3, -0.25) is 9.59 Å². The summed E-state index contributed by atoms with van der Waals surface area (Å²) in [6, 6.07) is 7.42. The normalized spacial score (nSPS) is 10.5. The lowest BCUT2D eigenvalue weighted by Gasteiger charge is -2.13. The van der Waals surface area contributed by atoms with Gasteiger partial charge >= 0.3 is 5.97 Å². The Morgan fingerprint density at radius 2 is 2.06 bits per heavy atom. The van der Waals surface area contributed by atoms with Crippen molar-refractivity contribution in [2.75, 3.05) is 13.6 Å². The van der Waals surface area contributed by atoms with Crippen molar-refractivity contribution < 1.29 is 19.1 Å². The Morgan fingerprint density at radius 3 is 2.78 bits per heavy atom. The second-order valence-electron chi connectivity index (χ2n) is 4.08. The summed E-state index contributed by atoms with van der Waals surface area (Å²) in [4.78, 5) is 23.5. The number of carboxylic acids is 1. The number of carbonyl (C=O) groups excluding carboxylic acids is 1. The first-order valence-electron chi connectivity index (χ1n) is 5.49. The van der Waals surface area contributed by atoms with Crippen LogP contribution in [0.3, 0.4) is 0 Å². The third-order valence-electron chi connectivity index (χ3n) is 2.70. The van der Waals surface area contributed by atoms with Gasteiger partial charge in [0.05, 0.1) is 12.7 Å². The average molecular weight is 247 g/mol. The summed E-state index contributed by atoms with van der Waals surface area (Å²) in [6.07, 6.45) is 1.68. The van der Waals surface area contributed by atoms with E-state index in [4.69, 9.17) is 9.52 Å². The molecule has 1 heterocycles. The fourth-order valence-electron chi connectivity index (χ4n) is 1.76. The highest BCUT2D eigenvalue weighted by Gasteiger charge is 2.15. The van der Waals surface area contributed by atoms with Gasteiger partial charge in [0, 0.05) is 18.0 Å². The van der Waals surface area contributed by atoms with Gasteiger partial charge in [-0.2, -0.15) is 0 Å². The number of likely N-dealkylation sites (N-methyl/N-ethyl adjacent to an activating group) is 1. The zero-order chi connectivity index (χ0) is 13.1. The molecule has 0 saturated heterocycles. The predicted octanol–water partition coefficient (Wildman–Crippen LogP) is 1.52. The van der Waals surface area contributed by atoms with Crippen LogP contribution in [-0.2, 0) is 16.0 Å². The minimum atomic E-state index is -1.03. The van der Waals surface area contributed by atoms with Crippen molar-refractivity contribution in [3.63, 3.8) is 0 Å². The molecule has 0 spiro atoms. The maximum Gasteiger partial charge on any atom is 0.323 e. The van der Waals surface area contributed by atoms with Crippen LogP contribution in [0.25, 0.3) is 11.0 Å². The maximum atomic E-state index is 11.8. The highest BCUT2D eigenvalue weighted by molar-refractivity contribution is 5.88. The first-order chi connectivity index (χ1) is 8.58. The molecule has 0 unspecified atom stereocenters. The number of para-hydroxylation sites is 1. The van der Waals surface area contributed by atoms with E-state index in [-0.39, 0.29) is 18.9 Å². The lowest BCUT2D eigenvalue weighted by atomic mass is 10.1. The largest absolute Gasteiger partial charge is 0.480 e. The Morgan fingerprint density at radius 1 is 1.33 bits per heavy atom. The quantitative estimate of drug-likeness (QED) is 0.889.